The van der Waals surface area contributed by atoms with Gasteiger partial charge in [0.15, 0.2) is 0 Å². The van der Waals surface area contributed by atoms with E-state index in [4.69, 9.17) is 4.98 Å². The van der Waals surface area contributed by atoms with Crippen LogP contribution in [0.4, 0.5) is 0 Å². The number of likely N-dealkylation sites (N-methyl/N-ethyl adjacent to an activating group) is 1. The third kappa shape index (κ3) is 2.58. The lowest BCUT2D eigenvalue weighted by Crippen LogP contribution is -2.44. The molecule has 2 heterocycles. The Morgan fingerprint density at radius 2 is 2.21 bits per heavy atom. The van der Waals surface area contributed by atoms with E-state index >= 15 is 0 Å². The van der Waals surface area contributed by atoms with Crippen molar-refractivity contribution in [2.75, 3.05) is 26.7 Å². The molecule has 19 heavy (non-hydrogen) atoms. The van der Waals surface area contributed by atoms with Crippen molar-refractivity contribution in [3.63, 3.8) is 0 Å². The monoisotopic (exact) mass is 279 g/mol. The average Bonchev–Trinajstić information content (AvgIpc) is 3.01. The number of aromatic nitrogens is 1. The zero-order valence-corrected chi connectivity index (χ0v) is 13.0. The molecular weight excluding hydrogens is 254 g/mol. The van der Waals surface area contributed by atoms with E-state index in [-0.39, 0.29) is 5.54 Å². The number of likely N-dealkylation sites (tertiary alicyclic amines) is 1. The van der Waals surface area contributed by atoms with Gasteiger partial charge >= 0.3 is 0 Å². The Hall–Kier alpha value is -0.450. The Bertz CT molecular complexity index is 419. The van der Waals surface area contributed by atoms with E-state index in [2.05, 4.69) is 24.2 Å². The van der Waals surface area contributed by atoms with Gasteiger partial charge in [-0.3, -0.25) is 0 Å². The quantitative estimate of drug-likeness (QED) is 0.918. The zero-order chi connectivity index (χ0) is 13.3. The highest BCUT2D eigenvalue weighted by molar-refractivity contribution is 7.11. The molecular formula is C15H25N3S. The lowest BCUT2D eigenvalue weighted by Gasteiger charge is -2.28. The van der Waals surface area contributed by atoms with Crippen molar-refractivity contribution in [3.8, 4) is 0 Å². The first-order chi connectivity index (χ1) is 9.23. The van der Waals surface area contributed by atoms with Crippen LogP contribution in [0.1, 0.15) is 48.2 Å². The number of hydrogen-bond donors (Lipinski definition) is 1. The maximum atomic E-state index is 5.02. The molecule has 1 fully saturated rings. The SMILES string of the molecule is CCCNC1(c2nc3c(s2)CCCC3)CCN(C)C1. The van der Waals surface area contributed by atoms with E-state index < -0.39 is 0 Å². The molecule has 0 bridgehead atoms. The number of fused-ring (bicyclic) bond motifs is 1. The van der Waals surface area contributed by atoms with Gasteiger partial charge in [-0.1, -0.05) is 6.92 Å². The molecule has 1 N–H and O–H groups in total. The standard InChI is InChI=1S/C15H25N3S/c1-3-9-16-15(8-10-18(2)11-15)14-17-12-6-4-5-7-13(12)19-14/h16H,3-11H2,1-2H3. The molecule has 3 nitrogen and oxygen atoms in total. The molecule has 1 saturated heterocycles. The first-order valence-electron chi connectivity index (χ1n) is 7.66. The van der Waals surface area contributed by atoms with Crippen LogP contribution in [0.3, 0.4) is 0 Å². The molecule has 1 aromatic heterocycles. The van der Waals surface area contributed by atoms with Crippen LogP contribution in [0.5, 0.6) is 0 Å². The van der Waals surface area contributed by atoms with E-state index in [1.54, 1.807) is 4.88 Å². The number of hydrogen-bond acceptors (Lipinski definition) is 4. The summed E-state index contributed by atoms with van der Waals surface area (Å²) in [5.74, 6) is 0. The van der Waals surface area contributed by atoms with Crippen molar-refractivity contribution >= 4 is 11.3 Å². The van der Waals surface area contributed by atoms with Crippen LogP contribution >= 0.6 is 11.3 Å². The molecule has 0 radical (unpaired) electrons. The molecule has 1 unspecified atom stereocenters. The van der Waals surface area contributed by atoms with Crippen LogP contribution in [0.25, 0.3) is 0 Å². The molecule has 1 atom stereocenters. The van der Waals surface area contributed by atoms with Crippen LogP contribution < -0.4 is 5.32 Å². The van der Waals surface area contributed by atoms with Crippen LogP contribution in [0, 0.1) is 0 Å². The molecule has 3 rings (SSSR count). The highest BCUT2D eigenvalue weighted by Gasteiger charge is 2.41. The number of nitrogens with one attached hydrogen (secondary N) is 1. The first kappa shape index (κ1) is 13.5. The zero-order valence-electron chi connectivity index (χ0n) is 12.2. The van der Waals surface area contributed by atoms with Gasteiger partial charge in [-0.25, -0.2) is 4.98 Å². The van der Waals surface area contributed by atoms with Crippen LogP contribution in [0.15, 0.2) is 0 Å². The topological polar surface area (TPSA) is 28.2 Å². The maximum absolute atomic E-state index is 5.02. The Morgan fingerprint density at radius 1 is 1.37 bits per heavy atom. The molecule has 0 spiro atoms. The third-order valence-corrected chi connectivity index (χ3v) is 5.79. The van der Waals surface area contributed by atoms with Crippen molar-refractivity contribution in [1.29, 1.82) is 0 Å². The fraction of sp³-hybridized carbons (Fsp3) is 0.800. The number of nitrogens with zero attached hydrogens (tertiary/aromatic N) is 2. The molecule has 1 aromatic rings. The minimum absolute atomic E-state index is 0.132. The maximum Gasteiger partial charge on any atom is 0.115 e. The van der Waals surface area contributed by atoms with Crippen molar-refractivity contribution in [2.24, 2.45) is 0 Å². The van der Waals surface area contributed by atoms with Crippen molar-refractivity contribution < 1.29 is 0 Å². The van der Waals surface area contributed by atoms with Gasteiger partial charge in [0.05, 0.1) is 11.2 Å². The summed E-state index contributed by atoms with van der Waals surface area (Å²) < 4.78 is 0. The molecule has 0 saturated carbocycles. The van der Waals surface area contributed by atoms with E-state index in [0.29, 0.717) is 0 Å². The van der Waals surface area contributed by atoms with Gasteiger partial charge in [-0.05, 0) is 52.1 Å². The normalized spacial score (nSPS) is 27.7. The highest BCUT2D eigenvalue weighted by Crippen LogP contribution is 2.37. The fourth-order valence-electron chi connectivity index (χ4n) is 3.32. The number of aryl methyl sites for hydroxylation is 2. The van der Waals surface area contributed by atoms with Crippen LogP contribution in [0.2, 0.25) is 0 Å². The summed E-state index contributed by atoms with van der Waals surface area (Å²) in [6.07, 6.45) is 7.53. The summed E-state index contributed by atoms with van der Waals surface area (Å²) >= 11 is 1.98. The lowest BCUT2D eigenvalue weighted by atomic mass is 9.98. The van der Waals surface area contributed by atoms with E-state index in [0.717, 1.165) is 13.1 Å². The molecule has 1 aliphatic heterocycles. The summed E-state index contributed by atoms with van der Waals surface area (Å²) in [6, 6.07) is 0. The lowest BCUT2D eigenvalue weighted by molar-refractivity contribution is 0.315. The minimum atomic E-state index is 0.132. The summed E-state index contributed by atoms with van der Waals surface area (Å²) in [7, 11) is 2.23. The summed E-state index contributed by atoms with van der Waals surface area (Å²) in [6.45, 7) is 5.63. The van der Waals surface area contributed by atoms with Crippen molar-refractivity contribution in [2.45, 2.75) is 51.0 Å². The van der Waals surface area contributed by atoms with E-state index in [1.165, 1.54) is 55.8 Å². The fourth-order valence-corrected chi connectivity index (χ4v) is 4.65. The molecule has 106 valence electrons. The highest BCUT2D eigenvalue weighted by atomic mass is 32.1. The van der Waals surface area contributed by atoms with Gasteiger partial charge < -0.3 is 10.2 Å². The first-order valence-corrected chi connectivity index (χ1v) is 8.48. The predicted molar refractivity (Wildman–Crippen MR) is 80.8 cm³/mol. The smallest absolute Gasteiger partial charge is 0.115 e. The molecule has 2 aliphatic rings. The Labute approximate surface area is 120 Å². The Morgan fingerprint density at radius 3 is 2.89 bits per heavy atom. The van der Waals surface area contributed by atoms with E-state index in [9.17, 15) is 0 Å². The van der Waals surface area contributed by atoms with Crippen molar-refractivity contribution in [3.05, 3.63) is 15.6 Å². The third-order valence-electron chi connectivity index (χ3n) is 4.43. The van der Waals surface area contributed by atoms with Gasteiger partial charge in [-0.2, -0.15) is 0 Å². The van der Waals surface area contributed by atoms with E-state index in [1.807, 2.05) is 11.3 Å². The van der Waals surface area contributed by atoms with Gasteiger partial charge in [0.25, 0.3) is 0 Å². The Balaban J connectivity index is 1.88. The largest absolute Gasteiger partial charge is 0.304 e. The second kappa shape index (κ2) is 5.51. The summed E-state index contributed by atoms with van der Waals surface area (Å²) in [5.41, 5.74) is 1.53. The molecule has 4 heteroatoms. The summed E-state index contributed by atoms with van der Waals surface area (Å²) in [5, 5.41) is 5.17. The van der Waals surface area contributed by atoms with Crippen LogP contribution in [-0.2, 0) is 18.4 Å². The number of thiazole rings is 1. The van der Waals surface area contributed by atoms with Gasteiger partial charge in [0.1, 0.15) is 5.01 Å². The molecule has 0 aromatic carbocycles. The van der Waals surface area contributed by atoms with Gasteiger partial charge in [-0.15, -0.1) is 11.3 Å². The minimum Gasteiger partial charge on any atom is -0.304 e. The molecule has 1 aliphatic carbocycles. The predicted octanol–water partition coefficient (Wildman–Crippen LogP) is 2.55. The Kier molecular flexibility index (Phi) is 3.92. The summed E-state index contributed by atoms with van der Waals surface area (Å²) in [4.78, 5) is 9.02. The van der Waals surface area contributed by atoms with Crippen LogP contribution in [-0.4, -0.2) is 36.6 Å². The van der Waals surface area contributed by atoms with Gasteiger partial charge in [0, 0.05) is 18.0 Å². The second-order valence-corrected chi connectivity index (χ2v) is 7.18. The second-order valence-electron chi connectivity index (χ2n) is 6.09. The van der Waals surface area contributed by atoms with Gasteiger partial charge in [0.2, 0.25) is 0 Å². The number of rotatable bonds is 4. The molecule has 0 amide bonds. The van der Waals surface area contributed by atoms with Crippen molar-refractivity contribution in [1.82, 2.24) is 15.2 Å². The average molecular weight is 279 g/mol.